The van der Waals surface area contributed by atoms with Crippen molar-refractivity contribution in [2.45, 2.75) is 23.0 Å². The van der Waals surface area contributed by atoms with Crippen molar-refractivity contribution >= 4 is 10.1 Å². The zero-order chi connectivity index (χ0) is 11.6. The van der Waals surface area contributed by atoms with E-state index in [2.05, 4.69) is 0 Å². The molecule has 14 heavy (non-hydrogen) atoms. The van der Waals surface area contributed by atoms with Gasteiger partial charge in [0, 0.05) is 0 Å². The van der Waals surface area contributed by atoms with Crippen molar-refractivity contribution in [1.82, 2.24) is 0 Å². The van der Waals surface area contributed by atoms with Crippen molar-refractivity contribution in [3.8, 4) is 0 Å². The Balaban J connectivity index is 3.33. The molecule has 0 amide bonds. The largest absolute Gasteiger partial charge is 0.745 e. The van der Waals surface area contributed by atoms with Gasteiger partial charge in [-0.05, 0) is 0 Å². The van der Waals surface area contributed by atoms with E-state index in [-0.39, 0.29) is 0 Å². The van der Waals surface area contributed by atoms with Crippen molar-refractivity contribution in [2.24, 2.45) is 0 Å². The average molecular weight is 243 g/mol. The Morgan fingerprint density at radius 1 is 1.07 bits per heavy atom. The van der Waals surface area contributed by atoms with Gasteiger partial charge in [-0.3, -0.25) is 0 Å². The molecule has 2 atom stereocenters. The van der Waals surface area contributed by atoms with Gasteiger partial charge in [0.1, 0.15) is 10.1 Å². The van der Waals surface area contributed by atoms with E-state index in [9.17, 15) is 39.3 Å². The van der Waals surface area contributed by atoms with Crippen molar-refractivity contribution in [2.75, 3.05) is 0 Å². The van der Waals surface area contributed by atoms with Crippen LogP contribution in [0.15, 0.2) is 0 Å². The summed E-state index contributed by atoms with van der Waals surface area (Å²) in [6.07, 6.45) is -4.35. The summed E-state index contributed by atoms with van der Waals surface area (Å²) in [5.74, 6) is -11.3. The van der Waals surface area contributed by atoms with E-state index in [1.165, 1.54) is 0 Å². The molecule has 0 aromatic rings. The Hall–Kier alpha value is -0.510. The minimum absolute atomic E-state index is 4.35. The van der Waals surface area contributed by atoms with E-state index in [0.29, 0.717) is 0 Å². The Morgan fingerprint density at radius 2 is 1.43 bits per heavy atom. The lowest BCUT2D eigenvalue weighted by atomic mass is 9.84. The summed E-state index contributed by atoms with van der Waals surface area (Å²) >= 11 is 0. The van der Waals surface area contributed by atoms with Gasteiger partial charge in [0.15, 0.2) is 0 Å². The van der Waals surface area contributed by atoms with Crippen molar-refractivity contribution in [3.05, 3.63) is 0 Å². The van der Waals surface area contributed by atoms with Crippen LogP contribution in [-0.2, 0) is 10.1 Å². The number of halogens is 6. The minimum Gasteiger partial charge on any atom is -0.745 e. The van der Waals surface area contributed by atoms with Gasteiger partial charge in [0.25, 0.3) is 0 Å². The zero-order valence-corrected chi connectivity index (χ0v) is 6.79. The molecule has 10 heteroatoms. The fourth-order valence-electron chi connectivity index (χ4n) is 0.985. The fourth-order valence-corrected chi connectivity index (χ4v) is 1.84. The molecule has 1 aliphatic rings. The van der Waals surface area contributed by atoms with E-state index in [1.807, 2.05) is 0 Å². The van der Waals surface area contributed by atoms with Crippen LogP contribution < -0.4 is 0 Å². The molecule has 0 aromatic heterocycles. The first-order chi connectivity index (χ1) is 5.90. The predicted molar refractivity (Wildman–Crippen MR) is 28.3 cm³/mol. The summed E-state index contributed by atoms with van der Waals surface area (Å²) in [7, 11) is -6.52. The SMILES string of the molecule is O=S(=O)([O-])C1(F)C(F)C(F)(F)C1(F)F. The van der Waals surface area contributed by atoms with Crippen LogP contribution in [0.5, 0.6) is 0 Å². The standard InChI is InChI=1S/C4H2F6O3S/c5-1-2(6,7)4(9,10)3(1,8)14(11,12)13/h1H,(H,11,12,13)/p-1. The Labute approximate surface area is 73.5 Å². The van der Waals surface area contributed by atoms with Gasteiger partial charge in [-0.1, -0.05) is 0 Å². The third-order valence-electron chi connectivity index (χ3n) is 1.85. The average Bonchev–Trinajstić information content (AvgIpc) is 1.98. The molecule has 0 spiro atoms. The molecular formula is C4HF6O3S-. The van der Waals surface area contributed by atoms with Crippen LogP contribution in [0.25, 0.3) is 0 Å². The maximum absolute atomic E-state index is 12.6. The second kappa shape index (κ2) is 2.35. The number of hydrogen-bond acceptors (Lipinski definition) is 3. The second-order valence-corrected chi connectivity index (χ2v) is 4.16. The summed E-state index contributed by atoms with van der Waals surface area (Å²) in [6.45, 7) is 0. The molecule has 1 fully saturated rings. The van der Waals surface area contributed by atoms with Crippen LogP contribution >= 0.6 is 0 Å². The maximum atomic E-state index is 12.6. The quantitative estimate of drug-likeness (QED) is 0.506. The van der Waals surface area contributed by atoms with E-state index >= 15 is 0 Å². The molecule has 0 saturated heterocycles. The summed E-state index contributed by atoms with van der Waals surface area (Å²) in [6, 6.07) is 0. The molecule has 0 bridgehead atoms. The zero-order valence-electron chi connectivity index (χ0n) is 5.98. The minimum atomic E-state index is -6.52. The van der Waals surface area contributed by atoms with Crippen LogP contribution in [0.4, 0.5) is 26.3 Å². The number of hydrogen-bond donors (Lipinski definition) is 0. The van der Waals surface area contributed by atoms with Gasteiger partial charge in [0.2, 0.25) is 6.17 Å². The maximum Gasteiger partial charge on any atom is 0.362 e. The van der Waals surface area contributed by atoms with Crippen molar-refractivity contribution < 1.29 is 39.3 Å². The van der Waals surface area contributed by atoms with Gasteiger partial charge < -0.3 is 4.55 Å². The fraction of sp³-hybridized carbons (Fsp3) is 1.00. The Bertz CT molecular complexity index is 363. The lowest BCUT2D eigenvalue weighted by Gasteiger charge is -2.51. The molecule has 1 saturated carbocycles. The summed E-state index contributed by atoms with van der Waals surface area (Å²) in [4.78, 5) is 0. The molecule has 0 heterocycles. The first-order valence-corrected chi connectivity index (χ1v) is 4.35. The highest BCUT2D eigenvalue weighted by Gasteiger charge is 2.93. The number of alkyl halides is 6. The van der Waals surface area contributed by atoms with Gasteiger partial charge in [-0.2, -0.15) is 17.6 Å². The van der Waals surface area contributed by atoms with Crippen LogP contribution in [0.1, 0.15) is 0 Å². The van der Waals surface area contributed by atoms with Crippen molar-refractivity contribution in [3.63, 3.8) is 0 Å². The first kappa shape index (κ1) is 11.6. The van der Waals surface area contributed by atoms with Crippen LogP contribution in [0, 0.1) is 0 Å². The topological polar surface area (TPSA) is 57.2 Å². The van der Waals surface area contributed by atoms with E-state index < -0.39 is 33.1 Å². The van der Waals surface area contributed by atoms with Gasteiger partial charge in [0.05, 0.1) is 0 Å². The highest BCUT2D eigenvalue weighted by Crippen LogP contribution is 2.63. The Kier molecular flexibility index (Phi) is 1.94. The molecule has 84 valence electrons. The lowest BCUT2D eigenvalue weighted by molar-refractivity contribution is -0.368. The first-order valence-electron chi connectivity index (χ1n) is 2.94. The van der Waals surface area contributed by atoms with Gasteiger partial charge in [-0.15, -0.1) is 0 Å². The molecule has 2 unspecified atom stereocenters. The molecule has 0 aliphatic heterocycles. The van der Waals surface area contributed by atoms with Crippen LogP contribution in [-0.4, -0.2) is 36.0 Å². The molecule has 1 rings (SSSR count). The van der Waals surface area contributed by atoms with Crippen molar-refractivity contribution in [1.29, 1.82) is 0 Å². The van der Waals surface area contributed by atoms with E-state index in [4.69, 9.17) is 0 Å². The molecule has 0 aromatic carbocycles. The summed E-state index contributed by atoms with van der Waals surface area (Å²) < 4.78 is 103. The predicted octanol–water partition coefficient (Wildman–Crippen LogP) is 0.820. The smallest absolute Gasteiger partial charge is 0.362 e. The highest BCUT2D eigenvalue weighted by molar-refractivity contribution is 7.87. The number of rotatable bonds is 1. The molecular weight excluding hydrogens is 242 g/mol. The van der Waals surface area contributed by atoms with E-state index in [1.54, 1.807) is 0 Å². The third kappa shape index (κ3) is 0.853. The summed E-state index contributed by atoms with van der Waals surface area (Å²) in [5, 5.41) is -5.39. The van der Waals surface area contributed by atoms with Gasteiger partial charge >= 0.3 is 16.8 Å². The van der Waals surface area contributed by atoms with Crippen LogP contribution in [0.2, 0.25) is 0 Å². The normalized spacial score (nSPS) is 40.4. The summed E-state index contributed by atoms with van der Waals surface area (Å²) in [5.41, 5.74) is 0. The molecule has 1 aliphatic carbocycles. The lowest BCUT2D eigenvalue weighted by Crippen LogP contribution is -2.81. The van der Waals surface area contributed by atoms with Gasteiger partial charge in [-0.25, -0.2) is 17.2 Å². The molecule has 0 N–H and O–H groups in total. The molecule has 3 nitrogen and oxygen atoms in total. The molecule has 0 radical (unpaired) electrons. The monoisotopic (exact) mass is 243 g/mol. The second-order valence-electron chi connectivity index (χ2n) is 2.66. The van der Waals surface area contributed by atoms with E-state index in [0.717, 1.165) is 0 Å². The van der Waals surface area contributed by atoms with Crippen LogP contribution in [0.3, 0.4) is 0 Å². The Morgan fingerprint density at radius 3 is 1.57 bits per heavy atom. The highest BCUT2D eigenvalue weighted by atomic mass is 32.2. The third-order valence-corrected chi connectivity index (χ3v) is 3.05.